The minimum Gasteiger partial charge on any atom is -0.495 e. The molecule has 1 heterocycles. The Balaban J connectivity index is 1.57. The van der Waals surface area contributed by atoms with E-state index in [9.17, 15) is 10.1 Å². The SMILES string of the molecule is COc1ccccc1NC(=O)/C(C#N)=C\N1CCC(Cc2ccccc2)CC1. The normalized spacial score (nSPS) is 15.0. The Morgan fingerprint density at radius 2 is 1.86 bits per heavy atom. The number of hydrogen-bond donors (Lipinski definition) is 1. The first kappa shape index (κ1) is 19.5. The van der Waals surface area contributed by atoms with Gasteiger partial charge in [-0.1, -0.05) is 42.5 Å². The molecule has 1 saturated heterocycles. The van der Waals surface area contributed by atoms with E-state index < -0.39 is 5.91 Å². The van der Waals surface area contributed by atoms with Crippen LogP contribution in [0.1, 0.15) is 18.4 Å². The third-order valence-corrected chi connectivity index (χ3v) is 5.05. The van der Waals surface area contributed by atoms with Crippen molar-refractivity contribution in [1.82, 2.24) is 4.90 Å². The van der Waals surface area contributed by atoms with E-state index in [1.54, 1.807) is 25.4 Å². The molecule has 2 aromatic carbocycles. The highest BCUT2D eigenvalue weighted by Crippen LogP contribution is 2.24. The van der Waals surface area contributed by atoms with Crippen molar-refractivity contribution in [3.05, 3.63) is 71.9 Å². The number of nitriles is 1. The van der Waals surface area contributed by atoms with E-state index in [4.69, 9.17) is 4.74 Å². The van der Waals surface area contributed by atoms with E-state index in [0.717, 1.165) is 32.4 Å². The highest BCUT2D eigenvalue weighted by atomic mass is 16.5. The zero-order valence-electron chi connectivity index (χ0n) is 16.1. The van der Waals surface area contributed by atoms with Crippen LogP contribution in [0.5, 0.6) is 5.75 Å². The molecule has 0 aliphatic carbocycles. The number of anilines is 1. The second-order valence-electron chi connectivity index (χ2n) is 6.98. The number of benzene rings is 2. The van der Waals surface area contributed by atoms with Crippen LogP contribution in [0.15, 0.2) is 66.4 Å². The molecular weight excluding hydrogens is 350 g/mol. The molecule has 1 amide bonds. The van der Waals surface area contributed by atoms with Gasteiger partial charge in [0.05, 0.1) is 12.8 Å². The first-order chi connectivity index (χ1) is 13.7. The van der Waals surface area contributed by atoms with Crippen LogP contribution in [0.25, 0.3) is 0 Å². The molecule has 0 bridgehead atoms. The van der Waals surface area contributed by atoms with Crippen LogP contribution in [0.4, 0.5) is 5.69 Å². The van der Waals surface area contributed by atoms with Crippen LogP contribution < -0.4 is 10.1 Å². The Morgan fingerprint density at radius 1 is 1.18 bits per heavy atom. The third-order valence-electron chi connectivity index (χ3n) is 5.05. The molecule has 2 aromatic rings. The van der Waals surface area contributed by atoms with Crippen LogP contribution in [-0.4, -0.2) is 31.0 Å². The van der Waals surface area contributed by atoms with E-state index in [0.29, 0.717) is 17.4 Å². The van der Waals surface area contributed by atoms with Crippen LogP contribution in [-0.2, 0) is 11.2 Å². The molecule has 28 heavy (non-hydrogen) atoms. The maximum Gasteiger partial charge on any atom is 0.267 e. The molecule has 1 N–H and O–H groups in total. The highest BCUT2D eigenvalue weighted by molar-refractivity contribution is 6.07. The third kappa shape index (κ3) is 5.14. The fraction of sp³-hybridized carbons (Fsp3) is 0.304. The van der Waals surface area contributed by atoms with Crippen LogP contribution in [0.2, 0.25) is 0 Å². The fourth-order valence-corrected chi connectivity index (χ4v) is 3.49. The lowest BCUT2D eigenvalue weighted by Gasteiger charge is -2.31. The summed E-state index contributed by atoms with van der Waals surface area (Å²) in [6.07, 6.45) is 4.87. The first-order valence-electron chi connectivity index (χ1n) is 9.54. The Kier molecular flexibility index (Phi) is 6.69. The van der Waals surface area contributed by atoms with Gasteiger partial charge in [-0.2, -0.15) is 5.26 Å². The summed E-state index contributed by atoms with van der Waals surface area (Å²) in [5, 5.41) is 12.2. The van der Waals surface area contributed by atoms with Gasteiger partial charge >= 0.3 is 0 Å². The van der Waals surface area contributed by atoms with Crippen LogP contribution >= 0.6 is 0 Å². The van der Waals surface area contributed by atoms with Gasteiger partial charge in [0.2, 0.25) is 0 Å². The number of carbonyl (C=O) groups is 1. The number of carbonyl (C=O) groups excluding carboxylic acids is 1. The predicted octanol–water partition coefficient (Wildman–Crippen LogP) is 4.00. The van der Waals surface area contributed by atoms with Gasteiger partial charge in [0, 0.05) is 19.3 Å². The van der Waals surface area contributed by atoms with Gasteiger partial charge in [-0.3, -0.25) is 4.79 Å². The number of ether oxygens (including phenoxy) is 1. The largest absolute Gasteiger partial charge is 0.495 e. The summed E-state index contributed by atoms with van der Waals surface area (Å²) in [5.41, 5.74) is 2.02. The van der Waals surface area contributed by atoms with E-state index in [1.807, 2.05) is 24.3 Å². The minimum atomic E-state index is -0.418. The van der Waals surface area contributed by atoms with Crippen molar-refractivity contribution in [3.63, 3.8) is 0 Å². The molecule has 3 rings (SSSR count). The summed E-state index contributed by atoms with van der Waals surface area (Å²) in [7, 11) is 1.55. The van der Waals surface area contributed by atoms with E-state index in [-0.39, 0.29) is 5.57 Å². The molecule has 5 nitrogen and oxygen atoms in total. The molecule has 0 saturated carbocycles. The van der Waals surface area contributed by atoms with Crippen LogP contribution in [0, 0.1) is 17.2 Å². The average molecular weight is 375 g/mol. The number of likely N-dealkylation sites (tertiary alicyclic amines) is 1. The number of piperidine rings is 1. The van der Waals surface area contributed by atoms with Gasteiger partial charge in [-0.25, -0.2) is 0 Å². The number of nitrogens with one attached hydrogen (secondary N) is 1. The molecule has 0 aromatic heterocycles. The molecule has 0 atom stereocenters. The molecule has 1 fully saturated rings. The molecule has 1 aliphatic heterocycles. The summed E-state index contributed by atoms with van der Waals surface area (Å²) >= 11 is 0. The number of nitrogens with zero attached hydrogens (tertiary/aromatic N) is 2. The van der Waals surface area contributed by atoms with E-state index >= 15 is 0 Å². The zero-order valence-corrected chi connectivity index (χ0v) is 16.1. The molecule has 1 aliphatic rings. The number of amides is 1. The molecular formula is C23H25N3O2. The Labute approximate surface area is 166 Å². The second-order valence-corrected chi connectivity index (χ2v) is 6.98. The molecule has 0 unspecified atom stereocenters. The lowest BCUT2D eigenvalue weighted by Crippen LogP contribution is -2.31. The van der Waals surface area contributed by atoms with Crippen molar-refractivity contribution in [2.24, 2.45) is 5.92 Å². The average Bonchev–Trinajstić information content (AvgIpc) is 2.74. The summed E-state index contributed by atoms with van der Waals surface area (Å²) in [4.78, 5) is 14.6. The Bertz CT molecular complexity index is 863. The summed E-state index contributed by atoms with van der Waals surface area (Å²) in [5.74, 6) is 0.785. The molecule has 0 spiro atoms. The maximum absolute atomic E-state index is 12.5. The van der Waals surface area contributed by atoms with Gasteiger partial charge in [0.25, 0.3) is 5.91 Å². The summed E-state index contributed by atoms with van der Waals surface area (Å²) in [6.45, 7) is 1.70. The first-order valence-corrected chi connectivity index (χ1v) is 9.54. The fourth-order valence-electron chi connectivity index (χ4n) is 3.49. The number of para-hydroxylation sites is 2. The zero-order chi connectivity index (χ0) is 19.8. The van der Waals surface area contributed by atoms with Gasteiger partial charge < -0.3 is 15.0 Å². The van der Waals surface area contributed by atoms with Crippen LogP contribution in [0.3, 0.4) is 0 Å². The van der Waals surface area contributed by atoms with Crippen molar-refractivity contribution >= 4 is 11.6 Å². The predicted molar refractivity (Wildman–Crippen MR) is 110 cm³/mol. The van der Waals surface area contributed by atoms with Gasteiger partial charge in [-0.05, 0) is 42.9 Å². The summed E-state index contributed by atoms with van der Waals surface area (Å²) in [6, 6.07) is 19.7. The Morgan fingerprint density at radius 3 is 2.54 bits per heavy atom. The molecule has 144 valence electrons. The lowest BCUT2D eigenvalue weighted by molar-refractivity contribution is -0.112. The van der Waals surface area contributed by atoms with E-state index in [1.165, 1.54) is 5.56 Å². The quantitative estimate of drug-likeness (QED) is 0.612. The standard InChI is InChI=1S/C23H25N3O2/c1-28-22-10-6-5-9-21(22)25-23(27)20(16-24)17-26-13-11-19(12-14-26)15-18-7-3-2-4-8-18/h2-10,17,19H,11-15H2,1H3,(H,25,27)/b20-17-. The number of methoxy groups -OCH3 is 1. The topological polar surface area (TPSA) is 65.4 Å². The van der Waals surface area contributed by atoms with Gasteiger partial charge in [0.15, 0.2) is 0 Å². The highest BCUT2D eigenvalue weighted by Gasteiger charge is 2.20. The van der Waals surface area contributed by atoms with Crippen molar-refractivity contribution in [3.8, 4) is 11.8 Å². The van der Waals surface area contributed by atoms with Gasteiger partial charge in [0.1, 0.15) is 17.4 Å². The maximum atomic E-state index is 12.5. The lowest BCUT2D eigenvalue weighted by atomic mass is 9.90. The Hall–Kier alpha value is -3.26. The molecule has 5 heteroatoms. The van der Waals surface area contributed by atoms with Crippen molar-refractivity contribution in [2.45, 2.75) is 19.3 Å². The number of hydrogen-bond acceptors (Lipinski definition) is 4. The van der Waals surface area contributed by atoms with Crippen molar-refractivity contribution in [1.29, 1.82) is 5.26 Å². The number of rotatable bonds is 6. The monoisotopic (exact) mass is 375 g/mol. The summed E-state index contributed by atoms with van der Waals surface area (Å²) < 4.78 is 5.24. The smallest absolute Gasteiger partial charge is 0.267 e. The van der Waals surface area contributed by atoms with Crippen molar-refractivity contribution < 1.29 is 9.53 Å². The second kappa shape index (κ2) is 9.61. The molecule has 0 radical (unpaired) electrons. The van der Waals surface area contributed by atoms with Crippen molar-refractivity contribution in [2.75, 3.05) is 25.5 Å². The van der Waals surface area contributed by atoms with E-state index in [2.05, 4.69) is 34.5 Å². The van der Waals surface area contributed by atoms with Gasteiger partial charge in [-0.15, -0.1) is 0 Å². The minimum absolute atomic E-state index is 0.104.